The topological polar surface area (TPSA) is 37.4 Å². The second kappa shape index (κ2) is 6.73. The number of alkyl halides is 3. The van der Waals surface area contributed by atoms with Gasteiger partial charge < -0.3 is 15.0 Å². The Morgan fingerprint density at radius 3 is 2.65 bits per heavy atom. The van der Waals surface area contributed by atoms with Crippen molar-refractivity contribution in [2.24, 2.45) is 0 Å². The highest BCUT2D eigenvalue weighted by molar-refractivity contribution is 7.15. The molecule has 0 atom stereocenters. The van der Waals surface area contributed by atoms with Gasteiger partial charge in [-0.05, 0) is 13.0 Å². The number of hydrogen-bond acceptors (Lipinski definition) is 5. The molecule has 8 heteroatoms. The van der Waals surface area contributed by atoms with Crippen molar-refractivity contribution in [2.45, 2.75) is 26.1 Å². The third-order valence-electron chi connectivity index (χ3n) is 2.95. The van der Waals surface area contributed by atoms with Gasteiger partial charge in [0.05, 0.1) is 18.1 Å². The van der Waals surface area contributed by atoms with Gasteiger partial charge in [0, 0.05) is 19.6 Å². The molecule has 1 aliphatic heterocycles. The highest BCUT2D eigenvalue weighted by Gasteiger charge is 2.38. The molecule has 20 heavy (non-hydrogen) atoms. The van der Waals surface area contributed by atoms with E-state index in [1.807, 2.05) is 11.8 Å². The largest absolute Gasteiger partial charge is 0.434 e. The first kappa shape index (κ1) is 15.5. The fraction of sp³-hybridized carbons (Fsp3) is 0.750. The molecule has 0 aromatic carbocycles. The molecule has 4 nitrogen and oxygen atoms in total. The number of nitrogens with zero attached hydrogens (tertiary/aromatic N) is 2. The molecule has 0 saturated carbocycles. The van der Waals surface area contributed by atoms with Crippen LogP contribution in [0.15, 0.2) is 0 Å². The van der Waals surface area contributed by atoms with E-state index in [1.54, 1.807) is 0 Å². The Morgan fingerprint density at radius 1 is 1.35 bits per heavy atom. The first-order valence-electron chi connectivity index (χ1n) is 6.62. The summed E-state index contributed by atoms with van der Waals surface area (Å²) in [4.78, 5) is 5.92. The number of anilines is 1. The molecule has 0 amide bonds. The second-order valence-electron chi connectivity index (χ2n) is 4.54. The predicted molar refractivity (Wildman–Crippen MR) is 72.1 cm³/mol. The van der Waals surface area contributed by atoms with Crippen LogP contribution in [-0.2, 0) is 17.5 Å². The molecule has 114 valence electrons. The van der Waals surface area contributed by atoms with Crippen LogP contribution in [0, 0.1) is 0 Å². The molecule has 1 N–H and O–H groups in total. The van der Waals surface area contributed by atoms with E-state index in [9.17, 15) is 13.2 Å². The quantitative estimate of drug-likeness (QED) is 0.848. The molecule has 2 rings (SSSR count). The van der Waals surface area contributed by atoms with Crippen molar-refractivity contribution in [1.82, 2.24) is 10.3 Å². The van der Waals surface area contributed by atoms with E-state index < -0.39 is 11.9 Å². The molecule has 1 aromatic rings. The zero-order valence-corrected chi connectivity index (χ0v) is 12.1. The van der Waals surface area contributed by atoms with Crippen molar-refractivity contribution >= 4 is 16.5 Å². The Balaban J connectivity index is 2.17. The van der Waals surface area contributed by atoms with Gasteiger partial charge in [0.25, 0.3) is 0 Å². The number of rotatable bonds is 5. The van der Waals surface area contributed by atoms with Gasteiger partial charge in [-0.25, -0.2) is 4.98 Å². The summed E-state index contributed by atoms with van der Waals surface area (Å²) in [6, 6.07) is 0. The van der Waals surface area contributed by atoms with E-state index in [0.717, 1.165) is 17.8 Å². The van der Waals surface area contributed by atoms with E-state index in [2.05, 4.69) is 10.3 Å². The van der Waals surface area contributed by atoms with Crippen LogP contribution in [-0.4, -0.2) is 37.8 Å². The minimum absolute atomic E-state index is 0.213. The molecule has 1 saturated heterocycles. The minimum atomic E-state index is -4.40. The zero-order chi connectivity index (χ0) is 14.6. The lowest BCUT2D eigenvalue weighted by molar-refractivity contribution is -0.141. The Hall–Kier alpha value is -0.860. The summed E-state index contributed by atoms with van der Waals surface area (Å²) in [5, 5.41) is 3.45. The standard InChI is InChI=1S/C12H18F3N3OS/c1-2-3-16-8-9-10(12(13,14)15)17-11(20-9)18-4-6-19-7-5-18/h16H,2-8H2,1H3. The third kappa shape index (κ3) is 3.83. The van der Waals surface area contributed by atoms with Gasteiger partial charge >= 0.3 is 6.18 Å². The highest BCUT2D eigenvalue weighted by Crippen LogP contribution is 2.37. The Kier molecular flexibility index (Phi) is 5.22. The molecule has 0 spiro atoms. The van der Waals surface area contributed by atoms with Crippen LogP contribution in [0.3, 0.4) is 0 Å². The maximum atomic E-state index is 13.0. The fourth-order valence-electron chi connectivity index (χ4n) is 1.95. The van der Waals surface area contributed by atoms with Crippen molar-refractivity contribution in [3.63, 3.8) is 0 Å². The van der Waals surface area contributed by atoms with E-state index in [-0.39, 0.29) is 11.4 Å². The molecular formula is C12H18F3N3OS. The summed E-state index contributed by atoms with van der Waals surface area (Å²) in [6.07, 6.45) is -3.51. The van der Waals surface area contributed by atoms with Crippen LogP contribution in [0.1, 0.15) is 23.9 Å². The van der Waals surface area contributed by atoms with Gasteiger partial charge in [-0.1, -0.05) is 18.3 Å². The van der Waals surface area contributed by atoms with Crippen LogP contribution in [0.25, 0.3) is 0 Å². The van der Waals surface area contributed by atoms with Crippen molar-refractivity contribution in [3.05, 3.63) is 10.6 Å². The summed E-state index contributed by atoms with van der Waals surface area (Å²) in [6.45, 7) is 5.13. The van der Waals surface area contributed by atoms with Gasteiger partial charge in [-0.3, -0.25) is 0 Å². The number of nitrogens with one attached hydrogen (secondary N) is 1. The summed E-state index contributed by atoms with van der Waals surface area (Å²) >= 11 is 1.12. The molecule has 1 aromatic heterocycles. The van der Waals surface area contributed by atoms with Gasteiger partial charge in [-0.15, -0.1) is 0 Å². The van der Waals surface area contributed by atoms with Crippen LogP contribution < -0.4 is 10.2 Å². The highest BCUT2D eigenvalue weighted by atomic mass is 32.1. The smallest absolute Gasteiger partial charge is 0.378 e. The maximum absolute atomic E-state index is 13.0. The molecule has 0 radical (unpaired) electrons. The van der Waals surface area contributed by atoms with E-state index in [4.69, 9.17) is 4.74 Å². The van der Waals surface area contributed by atoms with Crippen LogP contribution in [0.2, 0.25) is 0 Å². The monoisotopic (exact) mass is 309 g/mol. The Labute approximate surface area is 119 Å². The molecule has 0 aliphatic carbocycles. The average molecular weight is 309 g/mol. The number of hydrogen-bond donors (Lipinski definition) is 1. The number of morpholine rings is 1. The van der Waals surface area contributed by atoms with Gasteiger partial charge in [0.1, 0.15) is 0 Å². The summed E-state index contributed by atoms with van der Waals surface area (Å²) in [7, 11) is 0. The fourth-order valence-corrected chi connectivity index (χ4v) is 3.05. The average Bonchev–Trinajstić information content (AvgIpc) is 2.84. The maximum Gasteiger partial charge on any atom is 0.434 e. The van der Waals surface area contributed by atoms with Crippen molar-refractivity contribution in [3.8, 4) is 0 Å². The molecule has 1 fully saturated rings. The lowest BCUT2D eigenvalue weighted by Crippen LogP contribution is -2.36. The van der Waals surface area contributed by atoms with Crippen molar-refractivity contribution in [1.29, 1.82) is 0 Å². The number of halogens is 3. The van der Waals surface area contributed by atoms with Crippen LogP contribution in [0.4, 0.5) is 18.3 Å². The first-order chi connectivity index (χ1) is 9.52. The number of aromatic nitrogens is 1. The number of thiazole rings is 1. The second-order valence-corrected chi connectivity index (χ2v) is 5.60. The van der Waals surface area contributed by atoms with Crippen LogP contribution >= 0.6 is 11.3 Å². The summed E-state index contributed by atoms with van der Waals surface area (Å²) in [5.41, 5.74) is -0.757. The predicted octanol–water partition coefficient (Wildman–Crippen LogP) is 2.50. The molecule has 1 aliphatic rings. The SMILES string of the molecule is CCCNCc1sc(N2CCOCC2)nc1C(F)(F)F. The van der Waals surface area contributed by atoms with Crippen molar-refractivity contribution in [2.75, 3.05) is 37.7 Å². The van der Waals surface area contributed by atoms with Gasteiger partial charge in [0.15, 0.2) is 10.8 Å². The lowest BCUT2D eigenvalue weighted by atomic mass is 10.3. The summed E-state index contributed by atoms with van der Waals surface area (Å²) in [5.74, 6) is 0. The van der Waals surface area contributed by atoms with Crippen molar-refractivity contribution < 1.29 is 17.9 Å². The Morgan fingerprint density at radius 2 is 2.05 bits per heavy atom. The first-order valence-corrected chi connectivity index (χ1v) is 7.44. The Bertz CT molecular complexity index is 430. The lowest BCUT2D eigenvalue weighted by Gasteiger charge is -2.26. The molecular weight excluding hydrogens is 291 g/mol. The van der Waals surface area contributed by atoms with E-state index in [1.165, 1.54) is 0 Å². The normalized spacial score (nSPS) is 16.7. The zero-order valence-electron chi connectivity index (χ0n) is 11.3. The third-order valence-corrected chi connectivity index (χ3v) is 4.06. The van der Waals surface area contributed by atoms with E-state index >= 15 is 0 Å². The number of ether oxygens (including phenoxy) is 1. The van der Waals surface area contributed by atoms with Gasteiger partial charge in [-0.2, -0.15) is 13.2 Å². The molecule has 0 bridgehead atoms. The van der Waals surface area contributed by atoms with Crippen LogP contribution in [0.5, 0.6) is 0 Å². The van der Waals surface area contributed by atoms with Gasteiger partial charge in [0.2, 0.25) is 0 Å². The molecule has 0 unspecified atom stereocenters. The summed E-state index contributed by atoms with van der Waals surface area (Å²) < 4.78 is 44.2. The minimum Gasteiger partial charge on any atom is -0.378 e. The molecule has 2 heterocycles. The van der Waals surface area contributed by atoms with E-state index in [0.29, 0.717) is 38.0 Å².